The van der Waals surface area contributed by atoms with Crippen LogP contribution in [0.4, 0.5) is 0 Å². The molecule has 1 aliphatic rings. The summed E-state index contributed by atoms with van der Waals surface area (Å²) in [7, 11) is 1.70. The fourth-order valence-corrected chi connectivity index (χ4v) is 5.28. The Labute approximate surface area is 214 Å². The quantitative estimate of drug-likeness (QED) is 0.400. The lowest BCUT2D eigenvalue weighted by Gasteiger charge is -2.30. The molecule has 0 saturated carbocycles. The molecule has 0 aliphatic carbocycles. The van der Waals surface area contributed by atoms with E-state index in [1.807, 2.05) is 39.0 Å². The van der Waals surface area contributed by atoms with Crippen molar-refractivity contribution in [3.05, 3.63) is 87.5 Å². The zero-order valence-corrected chi connectivity index (χ0v) is 22.4. The van der Waals surface area contributed by atoms with Gasteiger partial charge in [-0.1, -0.05) is 48.0 Å². The summed E-state index contributed by atoms with van der Waals surface area (Å²) in [5.41, 5.74) is 9.07. The number of benzene rings is 3. The van der Waals surface area contributed by atoms with Crippen molar-refractivity contribution in [2.75, 3.05) is 7.11 Å². The van der Waals surface area contributed by atoms with Crippen LogP contribution in [0.3, 0.4) is 0 Å². The Hall–Kier alpha value is -3.15. The molecule has 0 saturated heterocycles. The number of aryl methyl sites for hydroxylation is 1. The van der Waals surface area contributed by atoms with Crippen molar-refractivity contribution < 1.29 is 19.4 Å². The first-order valence-corrected chi connectivity index (χ1v) is 12.5. The van der Waals surface area contributed by atoms with E-state index < -0.39 is 17.7 Å². The average molecular weight is 488 g/mol. The lowest BCUT2D eigenvalue weighted by atomic mass is 9.83. The van der Waals surface area contributed by atoms with Crippen LogP contribution in [0.5, 0.6) is 5.75 Å². The number of aliphatic carboxylic acids is 1. The summed E-state index contributed by atoms with van der Waals surface area (Å²) in [6, 6.07) is 16.4. The summed E-state index contributed by atoms with van der Waals surface area (Å²) in [6.07, 6.45) is -1.06. The average Bonchev–Trinajstić information content (AvgIpc) is 3.25. The standard InChI is InChI=1S/C31H37NO4/c1-19-12-14-22(15-13-19)27-20(2)24-17-32(16-23-10-8-9-11-26(23)35-7)18-25(24)21(3)28(27)29(30(33)34)36-31(4,5)6/h8-15,29H,16-18H2,1-7H3,(H,33,34)/t29-/m0/s1. The fraction of sp³-hybridized carbons (Fsp3) is 0.387. The molecule has 5 nitrogen and oxygen atoms in total. The number of carboxylic acids is 1. The molecular weight excluding hydrogens is 450 g/mol. The van der Waals surface area contributed by atoms with Crippen LogP contribution < -0.4 is 4.74 Å². The predicted octanol–water partition coefficient (Wildman–Crippen LogP) is 6.74. The molecule has 1 heterocycles. The largest absolute Gasteiger partial charge is 0.496 e. The molecule has 0 spiro atoms. The molecule has 0 unspecified atom stereocenters. The summed E-state index contributed by atoms with van der Waals surface area (Å²) in [6.45, 7) is 14.3. The molecule has 1 aliphatic heterocycles. The summed E-state index contributed by atoms with van der Waals surface area (Å²) in [5, 5.41) is 10.3. The Kier molecular flexibility index (Phi) is 7.26. The first-order valence-electron chi connectivity index (χ1n) is 12.5. The molecule has 0 bridgehead atoms. The molecule has 0 aromatic heterocycles. The number of nitrogens with zero attached hydrogens (tertiary/aromatic N) is 1. The van der Waals surface area contributed by atoms with Crippen molar-refractivity contribution in [2.45, 2.75) is 72.9 Å². The Balaban J connectivity index is 1.86. The molecular formula is C31H37NO4. The van der Waals surface area contributed by atoms with Gasteiger partial charge in [0.1, 0.15) is 5.75 Å². The molecule has 3 aromatic rings. The van der Waals surface area contributed by atoms with E-state index >= 15 is 0 Å². The van der Waals surface area contributed by atoms with E-state index in [0.717, 1.165) is 58.8 Å². The maximum absolute atomic E-state index is 12.6. The number of carboxylic acid groups (broad SMARTS) is 1. The highest BCUT2D eigenvalue weighted by Crippen LogP contribution is 2.44. The molecule has 0 radical (unpaired) electrons. The van der Waals surface area contributed by atoms with E-state index in [2.05, 4.69) is 56.0 Å². The van der Waals surface area contributed by atoms with E-state index in [1.165, 1.54) is 16.7 Å². The van der Waals surface area contributed by atoms with E-state index in [4.69, 9.17) is 9.47 Å². The summed E-state index contributed by atoms with van der Waals surface area (Å²) < 4.78 is 11.8. The second kappa shape index (κ2) is 10.1. The van der Waals surface area contributed by atoms with Gasteiger partial charge in [-0.3, -0.25) is 4.90 Å². The number of ether oxygens (including phenoxy) is 2. The summed E-state index contributed by atoms with van der Waals surface area (Å²) in [5.74, 6) is -0.0861. The second-order valence-electron chi connectivity index (χ2n) is 10.8. The van der Waals surface area contributed by atoms with Crippen molar-refractivity contribution in [1.82, 2.24) is 4.90 Å². The molecule has 1 N–H and O–H groups in total. The minimum Gasteiger partial charge on any atom is -0.496 e. The number of rotatable bonds is 7. The van der Waals surface area contributed by atoms with Gasteiger partial charge in [0.2, 0.25) is 0 Å². The highest BCUT2D eigenvalue weighted by Gasteiger charge is 2.35. The van der Waals surface area contributed by atoms with E-state index in [1.54, 1.807) is 7.11 Å². The minimum absolute atomic E-state index is 0.608. The van der Waals surface area contributed by atoms with Crippen LogP contribution in [0, 0.1) is 20.8 Å². The first kappa shape index (κ1) is 25.9. The van der Waals surface area contributed by atoms with Crippen LogP contribution in [0.15, 0.2) is 48.5 Å². The van der Waals surface area contributed by atoms with Gasteiger partial charge in [-0.2, -0.15) is 0 Å². The minimum atomic E-state index is -1.06. The number of fused-ring (bicyclic) bond motifs is 1. The Morgan fingerprint density at radius 2 is 1.58 bits per heavy atom. The summed E-state index contributed by atoms with van der Waals surface area (Å²) >= 11 is 0. The van der Waals surface area contributed by atoms with Crippen molar-refractivity contribution in [2.24, 2.45) is 0 Å². The zero-order chi connectivity index (χ0) is 26.2. The lowest BCUT2D eigenvalue weighted by molar-refractivity contribution is -0.160. The Bertz CT molecular complexity index is 1270. The van der Waals surface area contributed by atoms with Gasteiger partial charge < -0.3 is 14.6 Å². The molecule has 36 heavy (non-hydrogen) atoms. The van der Waals surface area contributed by atoms with Crippen LogP contribution in [-0.4, -0.2) is 28.7 Å². The van der Waals surface area contributed by atoms with Gasteiger partial charge in [0.15, 0.2) is 6.10 Å². The van der Waals surface area contributed by atoms with E-state index in [0.29, 0.717) is 0 Å². The third kappa shape index (κ3) is 5.18. The van der Waals surface area contributed by atoms with Gasteiger partial charge >= 0.3 is 5.97 Å². The normalized spacial score (nSPS) is 14.5. The Morgan fingerprint density at radius 3 is 2.17 bits per heavy atom. The highest BCUT2D eigenvalue weighted by atomic mass is 16.5. The van der Waals surface area contributed by atoms with Gasteiger partial charge in [0.05, 0.1) is 12.7 Å². The van der Waals surface area contributed by atoms with Crippen molar-refractivity contribution in [3.63, 3.8) is 0 Å². The number of carbonyl (C=O) groups is 1. The van der Waals surface area contributed by atoms with Crippen molar-refractivity contribution in [1.29, 1.82) is 0 Å². The predicted molar refractivity (Wildman–Crippen MR) is 143 cm³/mol. The van der Waals surface area contributed by atoms with E-state index in [9.17, 15) is 9.90 Å². The highest BCUT2D eigenvalue weighted by molar-refractivity contribution is 5.84. The topological polar surface area (TPSA) is 59.0 Å². The molecule has 3 aromatic carbocycles. The van der Waals surface area contributed by atoms with Gasteiger partial charge in [-0.25, -0.2) is 4.79 Å². The van der Waals surface area contributed by atoms with Crippen LogP contribution in [0.2, 0.25) is 0 Å². The maximum Gasteiger partial charge on any atom is 0.337 e. The Morgan fingerprint density at radius 1 is 0.972 bits per heavy atom. The van der Waals surface area contributed by atoms with Crippen LogP contribution in [0.25, 0.3) is 11.1 Å². The van der Waals surface area contributed by atoms with Gasteiger partial charge in [0.25, 0.3) is 0 Å². The molecule has 0 amide bonds. The molecule has 0 fully saturated rings. The van der Waals surface area contributed by atoms with Crippen LogP contribution >= 0.6 is 0 Å². The van der Waals surface area contributed by atoms with Crippen LogP contribution in [0.1, 0.15) is 65.8 Å². The lowest BCUT2D eigenvalue weighted by Crippen LogP contribution is -2.28. The third-order valence-corrected chi connectivity index (χ3v) is 6.97. The monoisotopic (exact) mass is 487 g/mol. The molecule has 190 valence electrons. The van der Waals surface area contributed by atoms with Crippen molar-refractivity contribution >= 4 is 5.97 Å². The molecule has 5 heteroatoms. The molecule has 4 rings (SSSR count). The number of para-hydroxylation sites is 1. The smallest absolute Gasteiger partial charge is 0.337 e. The van der Waals surface area contributed by atoms with Gasteiger partial charge in [-0.15, -0.1) is 0 Å². The second-order valence-corrected chi connectivity index (χ2v) is 10.8. The number of hydrogen-bond donors (Lipinski definition) is 1. The third-order valence-electron chi connectivity index (χ3n) is 6.97. The first-order chi connectivity index (χ1) is 17.0. The number of hydrogen-bond acceptors (Lipinski definition) is 4. The van der Waals surface area contributed by atoms with Crippen molar-refractivity contribution in [3.8, 4) is 16.9 Å². The van der Waals surface area contributed by atoms with Crippen LogP contribution in [-0.2, 0) is 29.2 Å². The maximum atomic E-state index is 12.6. The van der Waals surface area contributed by atoms with Gasteiger partial charge in [0, 0.05) is 30.8 Å². The summed E-state index contributed by atoms with van der Waals surface area (Å²) in [4.78, 5) is 15.0. The number of methoxy groups -OCH3 is 1. The van der Waals surface area contributed by atoms with Gasteiger partial charge in [-0.05, 0) is 81.0 Å². The zero-order valence-electron chi connectivity index (χ0n) is 22.4. The SMILES string of the molecule is COc1ccccc1CN1Cc2c(C)c(-c3ccc(C)cc3)c([C@H](OC(C)(C)C)C(=O)O)c(C)c2C1. The fourth-order valence-electron chi connectivity index (χ4n) is 5.28. The molecule has 1 atom stereocenters. The van der Waals surface area contributed by atoms with E-state index in [-0.39, 0.29) is 0 Å².